The predicted octanol–water partition coefficient (Wildman–Crippen LogP) is 3.94. The van der Waals surface area contributed by atoms with E-state index >= 15 is 0 Å². The van der Waals surface area contributed by atoms with Gasteiger partial charge in [0.25, 0.3) is 0 Å². The number of carbonyl (C=O) groups is 1. The molecule has 3 heteroatoms. The first-order valence-corrected chi connectivity index (χ1v) is 7.40. The van der Waals surface area contributed by atoms with Crippen molar-refractivity contribution in [1.29, 1.82) is 0 Å². The number of carbonyl (C=O) groups excluding carboxylic acids is 1. The van der Waals surface area contributed by atoms with E-state index in [2.05, 4.69) is 31.2 Å². The molecule has 2 rings (SSSR count). The second kappa shape index (κ2) is 5.86. The maximum absolute atomic E-state index is 12.2. The molecule has 0 aliphatic carbocycles. The van der Waals surface area contributed by atoms with Gasteiger partial charge >= 0.3 is 6.09 Å². The third-order valence-electron chi connectivity index (χ3n) is 3.60. The van der Waals surface area contributed by atoms with Crippen LogP contribution in [0, 0.1) is 6.92 Å². The largest absolute Gasteiger partial charge is 0.444 e. The second-order valence-electron chi connectivity index (χ2n) is 6.66. The van der Waals surface area contributed by atoms with Crippen molar-refractivity contribution in [3.8, 4) is 0 Å². The fourth-order valence-electron chi connectivity index (χ4n) is 2.61. The lowest BCUT2D eigenvalue weighted by Gasteiger charge is -2.28. The van der Waals surface area contributed by atoms with Crippen molar-refractivity contribution in [1.82, 2.24) is 4.90 Å². The molecule has 1 fully saturated rings. The first-order chi connectivity index (χ1) is 9.35. The van der Waals surface area contributed by atoms with Crippen molar-refractivity contribution >= 4 is 6.09 Å². The van der Waals surface area contributed by atoms with Gasteiger partial charge in [-0.1, -0.05) is 29.8 Å². The molecule has 1 aliphatic rings. The minimum atomic E-state index is -0.423. The van der Waals surface area contributed by atoms with Crippen LogP contribution in [0.4, 0.5) is 4.79 Å². The van der Waals surface area contributed by atoms with Crippen LogP contribution >= 0.6 is 0 Å². The summed E-state index contributed by atoms with van der Waals surface area (Å²) < 4.78 is 5.50. The standard InChI is InChI=1S/C17H25NO2/c1-13-7-9-14(10-8-13)12-15-6-5-11-18(15)16(19)20-17(2,3)4/h7-10,15H,5-6,11-12H2,1-4H3/t15-/m0/s1. The monoisotopic (exact) mass is 275 g/mol. The van der Waals surface area contributed by atoms with Gasteiger partial charge in [0.15, 0.2) is 0 Å². The highest BCUT2D eigenvalue weighted by Gasteiger charge is 2.31. The third-order valence-corrected chi connectivity index (χ3v) is 3.60. The van der Waals surface area contributed by atoms with Gasteiger partial charge in [-0.15, -0.1) is 0 Å². The molecule has 3 nitrogen and oxygen atoms in total. The maximum atomic E-state index is 12.2. The van der Waals surface area contributed by atoms with Gasteiger partial charge in [0.2, 0.25) is 0 Å². The van der Waals surface area contributed by atoms with Crippen LogP contribution in [0.3, 0.4) is 0 Å². The number of hydrogen-bond acceptors (Lipinski definition) is 2. The minimum Gasteiger partial charge on any atom is -0.444 e. The van der Waals surface area contributed by atoms with E-state index in [1.54, 1.807) is 0 Å². The Bertz CT molecular complexity index is 459. The number of nitrogens with zero attached hydrogens (tertiary/aromatic N) is 1. The number of likely N-dealkylation sites (tertiary alicyclic amines) is 1. The quantitative estimate of drug-likeness (QED) is 0.818. The van der Waals surface area contributed by atoms with Crippen LogP contribution in [0.2, 0.25) is 0 Å². The summed E-state index contributed by atoms with van der Waals surface area (Å²) in [7, 11) is 0. The predicted molar refractivity (Wildman–Crippen MR) is 80.8 cm³/mol. The van der Waals surface area contributed by atoms with Gasteiger partial charge in [0.1, 0.15) is 5.60 Å². The first kappa shape index (κ1) is 14.9. The summed E-state index contributed by atoms with van der Waals surface area (Å²) in [4.78, 5) is 14.1. The minimum absolute atomic E-state index is 0.174. The van der Waals surface area contributed by atoms with Crippen molar-refractivity contribution in [3.05, 3.63) is 35.4 Å². The highest BCUT2D eigenvalue weighted by atomic mass is 16.6. The summed E-state index contributed by atoms with van der Waals surface area (Å²) in [5, 5.41) is 0. The number of rotatable bonds is 2. The summed E-state index contributed by atoms with van der Waals surface area (Å²) in [6, 6.07) is 8.83. The Labute approximate surface area is 121 Å². The lowest BCUT2D eigenvalue weighted by Crippen LogP contribution is -2.40. The molecular formula is C17H25NO2. The molecule has 1 aromatic rings. The molecule has 0 unspecified atom stereocenters. The van der Waals surface area contributed by atoms with Gasteiger partial charge in [0.05, 0.1) is 0 Å². The fourth-order valence-corrected chi connectivity index (χ4v) is 2.61. The summed E-state index contributed by atoms with van der Waals surface area (Å²) >= 11 is 0. The van der Waals surface area contributed by atoms with Crippen molar-refractivity contribution in [2.75, 3.05) is 6.54 Å². The van der Waals surface area contributed by atoms with E-state index in [-0.39, 0.29) is 12.1 Å². The Morgan fingerprint density at radius 2 is 1.95 bits per heavy atom. The van der Waals surface area contributed by atoms with Crippen LogP contribution in [0.5, 0.6) is 0 Å². The number of amides is 1. The number of hydrogen-bond donors (Lipinski definition) is 0. The van der Waals surface area contributed by atoms with E-state index in [4.69, 9.17) is 4.74 Å². The van der Waals surface area contributed by atoms with Gasteiger partial charge in [-0.2, -0.15) is 0 Å². The Kier molecular flexibility index (Phi) is 4.36. The Hall–Kier alpha value is -1.51. The number of aryl methyl sites for hydroxylation is 1. The van der Waals surface area contributed by atoms with E-state index in [0.29, 0.717) is 0 Å². The van der Waals surface area contributed by atoms with E-state index < -0.39 is 5.60 Å². The summed E-state index contributed by atoms with van der Waals surface area (Å²) in [5.41, 5.74) is 2.13. The Morgan fingerprint density at radius 3 is 2.55 bits per heavy atom. The van der Waals surface area contributed by atoms with Gasteiger partial charge in [-0.3, -0.25) is 0 Å². The van der Waals surface area contributed by atoms with E-state index in [1.165, 1.54) is 11.1 Å². The number of benzene rings is 1. The van der Waals surface area contributed by atoms with Gasteiger partial charge < -0.3 is 9.64 Å². The van der Waals surface area contributed by atoms with E-state index in [9.17, 15) is 4.79 Å². The molecule has 0 radical (unpaired) electrons. The molecular weight excluding hydrogens is 250 g/mol. The zero-order valence-electron chi connectivity index (χ0n) is 13.0. The molecule has 1 amide bonds. The molecule has 0 spiro atoms. The molecule has 20 heavy (non-hydrogen) atoms. The molecule has 1 atom stereocenters. The Morgan fingerprint density at radius 1 is 1.30 bits per heavy atom. The third kappa shape index (κ3) is 3.99. The maximum Gasteiger partial charge on any atom is 0.410 e. The van der Waals surface area contributed by atoms with Crippen LogP contribution in [0.15, 0.2) is 24.3 Å². The van der Waals surface area contributed by atoms with Crippen LogP contribution < -0.4 is 0 Å². The summed E-state index contributed by atoms with van der Waals surface area (Å²) in [5.74, 6) is 0. The molecule has 1 heterocycles. The fraction of sp³-hybridized carbons (Fsp3) is 0.588. The van der Waals surface area contributed by atoms with E-state index in [0.717, 1.165) is 25.8 Å². The Balaban J connectivity index is 2.00. The highest BCUT2D eigenvalue weighted by Crippen LogP contribution is 2.23. The molecule has 110 valence electrons. The SMILES string of the molecule is Cc1ccc(C[C@@H]2CCCN2C(=O)OC(C)(C)C)cc1. The lowest BCUT2D eigenvalue weighted by atomic mass is 10.0. The van der Waals surface area contributed by atoms with Gasteiger partial charge in [0, 0.05) is 12.6 Å². The van der Waals surface area contributed by atoms with Crippen molar-refractivity contribution < 1.29 is 9.53 Å². The lowest BCUT2D eigenvalue weighted by molar-refractivity contribution is 0.0227. The highest BCUT2D eigenvalue weighted by molar-refractivity contribution is 5.69. The molecule has 1 saturated heterocycles. The molecule has 1 aliphatic heterocycles. The van der Waals surface area contributed by atoms with Crippen LogP contribution in [-0.4, -0.2) is 29.2 Å². The van der Waals surface area contributed by atoms with Crippen LogP contribution in [0.25, 0.3) is 0 Å². The van der Waals surface area contributed by atoms with E-state index in [1.807, 2.05) is 25.7 Å². The number of ether oxygens (including phenoxy) is 1. The van der Waals surface area contributed by atoms with Gasteiger partial charge in [-0.05, 0) is 52.5 Å². The van der Waals surface area contributed by atoms with Crippen LogP contribution in [0.1, 0.15) is 44.7 Å². The zero-order chi connectivity index (χ0) is 14.8. The van der Waals surface area contributed by atoms with Gasteiger partial charge in [-0.25, -0.2) is 4.79 Å². The smallest absolute Gasteiger partial charge is 0.410 e. The molecule has 0 aromatic heterocycles. The van der Waals surface area contributed by atoms with Crippen molar-refractivity contribution in [2.24, 2.45) is 0 Å². The normalized spacial score (nSPS) is 19.2. The van der Waals surface area contributed by atoms with Crippen molar-refractivity contribution in [3.63, 3.8) is 0 Å². The topological polar surface area (TPSA) is 29.5 Å². The van der Waals surface area contributed by atoms with Crippen LogP contribution in [-0.2, 0) is 11.2 Å². The molecule has 0 saturated carbocycles. The average molecular weight is 275 g/mol. The second-order valence-corrected chi connectivity index (χ2v) is 6.66. The zero-order valence-corrected chi connectivity index (χ0v) is 13.0. The summed E-state index contributed by atoms with van der Waals surface area (Å²) in [6.07, 6.45) is 2.87. The first-order valence-electron chi connectivity index (χ1n) is 7.40. The molecule has 0 bridgehead atoms. The molecule has 0 N–H and O–H groups in total. The molecule has 1 aromatic carbocycles. The average Bonchev–Trinajstić information content (AvgIpc) is 2.78. The summed E-state index contributed by atoms with van der Waals surface area (Å²) in [6.45, 7) is 8.64. The van der Waals surface area contributed by atoms with Crippen molar-refractivity contribution in [2.45, 2.75) is 58.6 Å².